The molecule has 0 atom stereocenters. The Kier molecular flexibility index (Phi) is 3.72. The molecular formula is C11H12N2O2. The van der Waals surface area contributed by atoms with Gasteiger partial charge < -0.3 is 5.32 Å². The van der Waals surface area contributed by atoms with Gasteiger partial charge in [0, 0.05) is 18.3 Å². The Balaban J connectivity index is 2.73. The van der Waals surface area contributed by atoms with Crippen molar-refractivity contribution >= 4 is 11.7 Å². The zero-order valence-electron chi connectivity index (χ0n) is 8.65. The minimum absolute atomic E-state index is 0.355. The van der Waals surface area contributed by atoms with E-state index in [9.17, 15) is 4.79 Å². The van der Waals surface area contributed by atoms with E-state index in [-0.39, 0.29) is 6.03 Å². The number of hydroxylamine groups is 2. The highest BCUT2D eigenvalue weighted by molar-refractivity contribution is 5.88. The molecule has 1 aromatic rings. The maximum atomic E-state index is 11.4. The lowest BCUT2D eigenvalue weighted by Crippen LogP contribution is -2.30. The molecule has 0 saturated carbocycles. The Labute approximate surface area is 88.8 Å². The summed E-state index contributed by atoms with van der Waals surface area (Å²) in [6, 6.07) is 6.67. The molecule has 15 heavy (non-hydrogen) atoms. The van der Waals surface area contributed by atoms with E-state index in [2.05, 4.69) is 11.2 Å². The van der Waals surface area contributed by atoms with Crippen LogP contribution in [0, 0.1) is 12.3 Å². The van der Waals surface area contributed by atoms with E-state index >= 15 is 0 Å². The summed E-state index contributed by atoms with van der Waals surface area (Å²) in [5.74, 6) is 2.49. The van der Waals surface area contributed by atoms with Crippen molar-refractivity contribution in [2.24, 2.45) is 0 Å². The second kappa shape index (κ2) is 5.03. The van der Waals surface area contributed by atoms with Gasteiger partial charge in [-0.2, -0.15) is 0 Å². The Morgan fingerprint density at radius 1 is 1.60 bits per heavy atom. The molecule has 1 aromatic carbocycles. The van der Waals surface area contributed by atoms with Gasteiger partial charge in [-0.15, -0.1) is 6.42 Å². The Morgan fingerprint density at radius 3 is 2.93 bits per heavy atom. The van der Waals surface area contributed by atoms with E-state index < -0.39 is 0 Å². The average molecular weight is 204 g/mol. The van der Waals surface area contributed by atoms with Crippen LogP contribution in [-0.2, 0) is 4.84 Å². The first-order valence-electron chi connectivity index (χ1n) is 4.33. The van der Waals surface area contributed by atoms with Crippen LogP contribution in [0.5, 0.6) is 0 Å². The van der Waals surface area contributed by atoms with E-state index in [0.29, 0.717) is 11.3 Å². The van der Waals surface area contributed by atoms with Crippen LogP contribution in [0.25, 0.3) is 0 Å². The third-order valence-corrected chi connectivity index (χ3v) is 1.84. The summed E-state index contributed by atoms with van der Waals surface area (Å²) in [6.45, 7) is 0. The minimum Gasteiger partial charge on any atom is -0.306 e. The van der Waals surface area contributed by atoms with Crippen molar-refractivity contribution in [2.75, 3.05) is 19.5 Å². The van der Waals surface area contributed by atoms with Crippen molar-refractivity contribution in [1.82, 2.24) is 5.06 Å². The van der Waals surface area contributed by atoms with Crippen LogP contribution in [0.2, 0.25) is 0 Å². The van der Waals surface area contributed by atoms with E-state index in [1.807, 2.05) is 0 Å². The van der Waals surface area contributed by atoms with Crippen LogP contribution in [0.1, 0.15) is 5.56 Å². The number of amides is 2. The topological polar surface area (TPSA) is 41.6 Å². The van der Waals surface area contributed by atoms with Gasteiger partial charge in [0.15, 0.2) is 0 Å². The number of terminal acetylenes is 1. The molecule has 0 saturated heterocycles. The number of hydrogen-bond donors (Lipinski definition) is 1. The molecule has 0 aromatic heterocycles. The van der Waals surface area contributed by atoms with Crippen LogP contribution in [0.4, 0.5) is 10.5 Å². The third kappa shape index (κ3) is 3.01. The highest BCUT2D eigenvalue weighted by Gasteiger charge is 2.07. The fraction of sp³-hybridized carbons (Fsp3) is 0.182. The van der Waals surface area contributed by atoms with E-state index in [4.69, 9.17) is 11.3 Å². The number of carbonyl (C=O) groups excluding carboxylic acids is 1. The predicted octanol–water partition coefficient (Wildman–Crippen LogP) is 1.69. The quantitative estimate of drug-likeness (QED) is 0.588. The molecule has 1 rings (SSSR count). The summed E-state index contributed by atoms with van der Waals surface area (Å²) in [5.41, 5.74) is 1.35. The van der Waals surface area contributed by atoms with E-state index in [0.717, 1.165) is 5.06 Å². The molecule has 0 aliphatic carbocycles. The summed E-state index contributed by atoms with van der Waals surface area (Å²) in [5, 5.41) is 3.72. The molecule has 0 unspecified atom stereocenters. The number of rotatable bonds is 2. The largest absolute Gasteiger partial charge is 0.345 e. The molecule has 0 spiro atoms. The fourth-order valence-electron chi connectivity index (χ4n) is 0.972. The number of nitrogens with one attached hydrogen (secondary N) is 1. The van der Waals surface area contributed by atoms with Crippen LogP contribution in [0.15, 0.2) is 24.3 Å². The molecule has 4 heteroatoms. The average Bonchev–Trinajstić information content (AvgIpc) is 2.28. The first-order chi connectivity index (χ1) is 7.17. The maximum absolute atomic E-state index is 11.4. The van der Waals surface area contributed by atoms with Crippen molar-refractivity contribution in [3.05, 3.63) is 29.8 Å². The third-order valence-electron chi connectivity index (χ3n) is 1.84. The van der Waals surface area contributed by atoms with Crippen molar-refractivity contribution in [2.45, 2.75) is 0 Å². The standard InChI is InChI=1S/C11H12N2O2/c1-4-9-6-5-7-10(8-9)12-11(14)13(2)15-3/h1,5-8H,2-3H3,(H,12,14). The van der Waals surface area contributed by atoms with Gasteiger partial charge in [0.2, 0.25) is 0 Å². The molecule has 0 bridgehead atoms. The Morgan fingerprint density at radius 2 is 2.33 bits per heavy atom. The van der Waals surface area contributed by atoms with E-state index in [1.165, 1.54) is 14.2 Å². The van der Waals surface area contributed by atoms with Crippen molar-refractivity contribution < 1.29 is 9.63 Å². The lowest BCUT2D eigenvalue weighted by Gasteiger charge is -2.14. The van der Waals surface area contributed by atoms with Crippen LogP contribution in [0.3, 0.4) is 0 Å². The summed E-state index contributed by atoms with van der Waals surface area (Å²) >= 11 is 0. The van der Waals surface area contributed by atoms with Gasteiger partial charge in [0.25, 0.3) is 0 Å². The maximum Gasteiger partial charge on any atom is 0.345 e. The van der Waals surface area contributed by atoms with Gasteiger partial charge in [-0.1, -0.05) is 12.0 Å². The Hall–Kier alpha value is -1.99. The number of carbonyl (C=O) groups is 1. The second-order valence-corrected chi connectivity index (χ2v) is 2.84. The molecule has 0 aliphatic rings. The van der Waals surface area contributed by atoms with Gasteiger partial charge in [0.05, 0.1) is 7.11 Å². The van der Waals surface area contributed by atoms with Gasteiger partial charge in [-0.05, 0) is 18.2 Å². The highest BCUT2D eigenvalue weighted by Crippen LogP contribution is 2.10. The number of anilines is 1. The number of urea groups is 1. The van der Waals surface area contributed by atoms with Gasteiger partial charge in [0.1, 0.15) is 0 Å². The molecule has 0 fully saturated rings. The molecule has 78 valence electrons. The zero-order valence-corrected chi connectivity index (χ0v) is 8.65. The van der Waals surface area contributed by atoms with Crippen LogP contribution < -0.4 is 5.32 Å². The second-order valence-electron chi connectivity index (χ2n) is 2.84. The lowest BCUT2D eigenvalue weighted by atomic mass is 10.2. The first kappa shape index (κ1) is 11.1. The van der Waals surface area contributed by atoms with Gasteiger partial charge in [-0.25, -0.2) is 9.86 Å². The Bertz CT molecular complexity index is 396. The van der Waals surface area contributed by atoms with Gasteiger partial charge >= 0.3 is 6.03 Å². The van der Waals surface area contributed by atoms with Crippen molar-refractivity contribution in [3.8, 4) is 12.3 Å². The molecule has 1 N–H and O–H groups in total. The molecule has 0 aliphatic heterocycles. The summed E-state index contributed by atoms with van der Waals surface area (Å²) in [4.78, 5) is 16.1. The first-order valence-corrected chi connectivity index (χ1v) is 4.33. The van der Waals surface area contributed by atoms with E-state index in [1.54, 1.807) is 24.3 Å². The molecule has 0 radical (unpaired) electrons. The van der Waals surface area contributed by atoms with Gasteiger partial charge in [-0.3, -0.25) is 4.84 Å². The number of hydrogen-bond acceptors (Lipinski definition) is 2. The van der Waals surface area contributed by atoms with Crippen LogP contribution in [-0.4, -0.2) is 25.3 Å². The number of nitrogens with zero attached hydrogens (tertiary/aromatic N) is 1. The molecule has 2 amide bonds. The summed E-state index contributed by atoms with van der Waals surface area (Å²) < 4.78 is 0. The fourth-order valence-corrected chi connectivity index (χ4v) is 0.972. The minimum atomic E-state index is -0.355. The highest BCUT2D eigenvalue weighted by atomic mass is 16.7. The SMILES string of the molecule is C#Cc1cccc(NC(=O)N(C)OC)c1. The normalized spacial score (nSPS) is 9.13. The molecule has 4 nitrogen and oxygen atoms in total. The monoisotopic (exact) mass is 204 g/mol. The summed E-state index contributed by atoms with van der Waals surface area (Å²) in [6.07, 6.45) is 5.24. The molecule has 0 heterocycles. The predicted molar refractivity (Wildman–Crippen MR) is 58.2 cm³/mol. The molecular weight excluding hydrogens is 192 g/mol. The zero-order chi connectivity index (χ0) is 11.3. The smallest absolute Gasteiger partial charge is 0.306 e. The number of benzene rings is 1. The summed E-state index contributed by atoms with van der Waals surface area (Å²) in [7, 11) is 2.93. The lowest BCUT2D eigenvalue weighted by molar-refractivity contribution is -0.0598. The van der Waals surface area contributed by atoms with Crippen molar-refractivity contribution in [3.63, 3.8) is 0 Å². The van der Waals surface area contributed by atoms with Crippen LogP contribution >= 0.6 is 0 Å². The van der Waals surface area contributed by atoms with Crippen molar-refractivity contribution in [1.29, 1.82) is 0 Å².